The van der Waals surface area contributed by atoms with Gasteiger partial charge in [0.1, 0.15) is 5.78 Å². The Balaban J connectivity index is 1.52. The summed E-state index contributed by atoms with van der Waals surface area (Å²) in [4.78, 5) is 12.4. The molecule has 4 nitrogen and oxygen atoms in total. The van der Waals surface area contributed by atoms with Crippen LogP contribution in [0.25, 0.3) is 0 Å². The van der Waals surface area contributed by atoms with E-state index in [0.29, 0.717) is 49.3 Å². The monoisotopic (exact) mass is 460 g/mol. The molecule has 4 fully saturated rings. The number of allylic oxidation sites excluding steroid dienone is 1. The van der Waals surface area contributed by atoms with E-state index in [4.69, 9.17) is 13.9 Å². The summed E-state index contributed by atoms with van der Waals surface area (Å²) in [5.74, 6) is 1.18. The van der Waals surface area contributed by atoms with Crippen LogP contribution in [-0.2, 0) is 18.7 Å². The van der Waals surface area contributed by atoms with Gasteiger partial charge in [-0.1, -0.05) is 40.2 Å². The molecular formula is C27H44O4Si. The van der Waals surface area contributed by atoms with Gasteiger partial charge < -0.3 is 13.9 Å². The van der Waals surface area contributed by atoms with Gasteiger partial charge in [0.2, 0.25) is 0 Å². The highest BCUT2D eigenvalue weighted by molar-refractivity contribution is 6.74. The number of carbonyl (C=O) groups excluding carboxylic acids is 1. The molecule has 1 heterocycles. The molecule has 0 bridgehead atoms. The number of Topliss-reactive ketones (excluding diaryl/α,β-unsaturated/α-hetero) is 1. The number of ketones is 1. The molecule has 5 rings (SSSR count). The van der Waals surface area contributed by atoms with E-state index in [0.717, 1.165) is 19.3 Å². The first-order valence-electron chi connectivity index (χ1n) is 13.0. The lowest BCUT2D eigenvalue weighted by Gasteiger charge is -2.61. The van der Waals surface area contributed by atoms with Crippen molar-refractivity contribution in [3.05, 3.63) is 11.6 Å². The van der Waals surface area contributed by atoms with Gasteiger partial charge in [0.15, 0.2) is 14.1 Å². The van der Waals surface area contributed by atoms with Crippen LogP contribution in [0.1, 0.15) is 79.6 Å². The topological polar surface area (TPSA) is 44.8 Å². The molecule has 0 aromatic heterocycles. The van der Waals surface area contributed by atoms with Crippen molar-refractivity contribution < 1.29 is 18.7 Å². The summed E-state index contributed by atoms with van der Waals surface area (Å²) in [6.45, 7) is 18.1. The quantitative estimate of drug-likeness (QED) is 0.360. The number of carbonyl (C=O) groups is 1. The molecule has 1 saturated heterocycles. The second-order valence-electron chi connectivity index (χ2n) is 13.4. The van der Waals surface area contributed by atoms with Crippen LogP contribution in [0.3, 0.4) is 0 Å². The van der Waals surface area contributed by atoms with Gasteiger partial charge in [0.05, 0.1) is 19.3 Å². The van der Waals surface area contributed by atoms with Crippen LogP contribution in [-0.4, -0.2) is 39.2 Å². The van der Waals surface area contributed by atoms with Gasteiger partial charge in [0, 0.05) is 18.8 Å². The Morgan fingerprint density at radius 3 is 2.38 bits per heavy atom. The zero-order valence-electron chi connectivity index (χ0n) is 21.4. The van der Waals surface area contributed by atoms with Gasteiger partial charge in [0.25, 0.3) is 0 Å². The van der Waals surface area contributed by atoms with Crippen LogP contribution >= 0.6 is 0 Å². The Bertz CT molecular complexity index is 820. The van der Waals surface area contributed by atoms with Crippen molar-refractivity contribution in [3.8, 4) is 0 Å². The summed E-state index contributed by atoms with van der Waals surface area (Å²) in [6, 6.07) is 0. The Hall–Kier alpha value is -0.493. The van der Waals surface area contributed by atoms with Crippen molar-refractivity contribution in [2.45, 2.75) is 110 Å². The Morgan fingerprint density at radius 2 is 1.72 bits per heavy atom. The molecule has 1 spiro atoms. The average molecular weight is 461 g/mol. The molecule has 5 heteroatoms. The molecule has 6 atom stereocenters. The van der Waals surface area contributed by atoms with Crippen molar-refractivity contribution in [1.82, 2.24) is 0 Å². The third kappa shape index (κ3) is 3.20. The van der Waals surface area contributed by atoms with Crippen LogP contribution in [0, 0.1) is 28.6 Å². The van der Waals surface area contributed by atoms with E-state index in [1.807, 2.05) is 0 Å². The van der Waals surface area contributed by atoms with Crippen molar-refractivity contribution in [3.63, 3.8) is 0 Å². The molecule has 1 aliphatic heterocycles. The van der Waals surface area contributed by atoms with E-state index in [1.54, 1.807) is 0 Å². The molecule has 0 radical (unpaired) electrons. The minimum atomic E-state index is -1.84. The number of fused-ring (bicyclic) bond motifs is 6. The van der Waals surface area contributed by atoms with Crippen LogP contribution < -0.4 is 0 Å². The molecule has 5 aliphatic rings. The standard InChI is InChI=1S/C27H44O4Si/c1-24(2,3)32(6,7)31-22-9-8-20-23-21(11-13-26(20,22)5)25(4)12-10-19(28)16-18(25)17-27(23)29-14-15-30-27/h17,20-23H,8-16H2,1-7H3/t20-,21-,22-,23-,25-,26-/m0/s1. The number of rotatable bonds is 2. The van der Waals surface area contributed by atoms with E-state index in [1.165, 1.54) is 24.8 Å². The second-order valence-corrected chi connectivity index (χ2v) is 18.2. The fourth-order valence-electron chi connectivity index (χ4n) is 7.85. The minimum absolute atomic E-state index is 0.110. The van der Waals surface area contributed by atoms with Gasteiger partial charge in [-0.2, -0.15) is 0 Å². The van der Waals surface area contributed by atoms with E-state index < -0.39 is 14.1 Å². The maximum absolute atomic E-state index is 12.4. The van der Waals surface area contributed by atoms with Crippen molar-refractivity contribution in [1.29, 1.82) is 0 Å². The SMILES string of the molecule is CC(C)(C)[Si](C)(C)O[C@H]1CC[C@H]2[C@H]3[C@H](CC[C@]12C)[C@@]1(C)CCC(=O)CC1=CC31OCCO1. The fourth-order valence-corrected chi connectivity index (χ4v) is 9.31. The smallest absolute Gasteiger partial charge is 0.192 e. The molecule has 32 heavy (non-hydrogen) atoms. The number of ether oxygens (including phenoxy) is 2. The maximum atomic E-state index is 12.4. The largest absolute Gasteiger partial charge is 0.413 e. The molecule has 0 aromatic rings. The minimum Gasteiger partial charge on any atom is -0.413 e. The molecule has 0 N–H and O–H groups in total. The molecule has 180 valence electrons. The lowest BCUT2D eigenvalue weighted by Crippen LogP contribution is -2.61. The van der Waals surface area contributed by atoms with E-state index in [2.05, 4.69) is 53.8 Å². The zero-order valence-corrected chi connectivity index (χ0v) is 22.4. The van der Waals surface area contributed by atoms with Crippen LogP contribution in [0.2, 0.25) is 18.1 Å². The zero-order chi connectivity index (χ0) is 23.2. The summed E-state index contributed by atoms with van der Waals surface area (Å²) >= 11 is 0. The van der Waals surface area contributed by atoms with Crippen LogP contribution in [0.4, 0.5) is 0 Å². The molecule has 0 amide bonds. The second kappa shape index (κ2) is 7.25. The Morgan fingerprint density at radius 1 is 1.03 bits per heavy atom. The van der Waals surface area contributed by atoms with Crippen molar-refractivity contribution >= 4 is 14.1 Å². The molecule has 0 aromatic carbocycles. The van der Waals surface area contributed by atoms with Gasteiger partial charge in [-0.3, -0.25) is 4.79 Å². The number of hydrogen-bond acceptors (Lipinski definition) is 4. The predicted octanol–water partition coefficient (Wildman–Crippen LogP) is 6.26. The summed E-state index contributed by atoms with van der Waals surface area (Å²) in [7, 11) is -1.84. The molecular weight excluding hydrogens is 416 g/mol. The fraction of sp³-hybridized carbons (Fsp3) is 0.889. The van der Waals surface area contributed by atoms with Crippen molar-refractivity contribution in [2.75, 3.05) is 13.2 Å². The van der Waals surface area contributed by atoms with E-state index >= 15 is 0 Å². The summed E-state index contributed by atoms with van der Waals surface area (Å²) < 4.78 is 20.1. The lowest BCUT2D eigenvalue weighted by atomic mass is 9.46. The van der Waals surface area contributed by atoms with Crippen LogP contribution in [0.5, 0.6) is 0 Å². The summed E-state index contributed by atoms with van der Waals surface area (Å²) in [5, 5.41) is 0.224. The number of hydrogen-bond donors (Lipinski definition) is 0. The van der Waals surface area contributed by atoms with Crippen LogP contribution in [0.15, 0.2) is 11.6 Å². The van der Waals surface area contributed by atoms with Gasteiger partial charge in [-0.25, -0.2) is 0 Å². The first kappa shape index (κ1) is 23.3. The highest BCUT2D eigenvalue weighted by atomic mass is 28.4. The normalized spacial score (nSPS) is 43.6. The lowest BCUT2D eigenvalue weighted by molar-refractivity contribution is -0.231. The van der Waals surface area contributed by atoms with Gasteiger partial charge in [-0.05, 0) is 79.0 Å². The Labute approximate surface area is 196 Å². The first-order valence-corrected chi connectivity index (χ1v) is 15.9. The molecule has 0 unspecified atom stereocenters. The maximum Gasteiger partial charge on any atom is 0.192 e. The molecule has 4 aliphatic carbocycles. The van der Waals surface area contributed by atoms with E-state index in [-0.39, 0.29) is 15.9 Å². The van der Waals surface area contributed by atoms with Crippen molar-refractivity contribution in [2.24, 2.45) is 28.6 Å². The third-order valence-electron chi connectivity index (χ3n) is 10.9. The molecule has 3 saturated carbocycles. The highest BCUT2D eigenvalue weighted by Crippen LogP contribution is 2.68. The third-order valence-corrected chi connectivity index (χ3v) is 15.4. The van der Waals surface area contributed by atoms with Gasteiger partial charge in [-0.15, -0.1) is 0 Å². The highest BCUT2D eigenvalue weighted by Gasteiger charge is 2.67. The predicted molar refractivity (Wildman–Crippen MR) is 129 cm³/mol. The average Bonchev–Trinajstić information content (AvgIpc) is 3.28. The van der Waals surface area contributed by atoms with E-state index in [9.17, 15) is 4.79 Å². The first-order chi connectivity index (χ1) is 14.8. The summed E-state index contributed by atoms with van der Waals surface area (Å²) in [5.41, 5.74) is 1.58. The Kier molecular flexibility index (Phi) is 5.27. The summed E-state index contributed by atoms with van der Waals surface area (Å²) in [6.07, 6.45) is 9.67. The van der Waals surface area contributed by atoms with Gasteiger partial charge >= 0.3 is 0 Å².